The van der Waals surface area contributed by atoms with E-state index in [1.54, 1.807) is 0 Å². The highest BCUT2D eigenvalue weighted by molar-refractivity contribution is 5.88. The smallest absolute Gasteiger partial charge is 0.310 e. The maximum Gasteiger partial charge on any atom is 0.310 e. The summed E-state index contributed by atoms with van der Waals surface area (Å²) in [5.41, 5.74) is 2.50. The van der Waals surface area contributed by atoms with Gasteiger partial charge in [0.05, 0.1) is 17.9 Å². The Labute approximate surface area is 163 Å². The molecule has 0 saturated heterocycles. The number of nitrogens with one attached hydrogen (secondary N) is 3. The van der Waals surface area contributed by atoms with E-state index in [1.165, 1.54) is 19.3 Å². The monoisotopic (exact) mass is 379 g/mol. The molecule has 2 aromatic heterocycles. The Kier molecular flexibility index (Phi) is 5.14. The van der Waals surface area contributed by atoms with E-state index in [9.17, 15) is 4.79 Å². The zero-order chi connectivity index (χ0) is 19.5. The summed E-state index contributed by atoms with van der Waals surface area (Å²) in [7, 11) is 0. The van der Waals surface area contributed by atoms with Gasteiger partial charge < -0.3 is 20.4 Å². The number of hydrogen-bond acceptors (Lipinski definition) is 6. The Hall–Kier alpha value is -3.09. The van der Waals surface area contributed by atoms with Gasteiger partial charge in [-0.05, 0) is 56.9 Å². The van der Waals surface area contributed by atoms with Crippen LogP contribution in [-0.4, -0.2) is 33.1 Å². The molecule has 0 amide bonds. The number of nitrogens with zero attached hydrogens (tertiary/aromatic N) is 2. The van der Waals surface area contributed by atoms with Crippen molar-refractivity contribution in [2.45, 2.75) is 51.7 Å². The molecule has 1 aliphatic carbocycles. The van der Waals surface area contributed by atoms with E-state index in [2.05, 4.69) is 25.6 Å². The molecule has 3 aromatic rings. The van der Waals surface area contributed by atoms with Crippen LogP contribution in [0, 0.1) is 0 Å². The number of aromatic nitrogens is 3. The first-order valence-corrected chi connectivity index (χ1v) is 9.74. The van der Waals surface area contributed by atoms with E-state index in [4.69, 9.17) is 4.74 Å². The number of H-pyrrole nitrogens is 1. The minimum absolute atomic E-state index is 0.115. The van der Waals surface area contributed by atoms with E-state index in [1.807, 2.05) is 50.4 Å². The lowest BCUT2D eigenvalue weighted by atomic mass is 9.93. The van der Waals surface area contributed by atoms with Crippen molar-refractivity contribution in [1.82, 2.24) is 15.0 Å². The van der Waals surface area contributed by atoms with Gasteiger partial charge in [0.25, 0.3) is 0 Å². The van der Waals surface area contributed by atoms with Gasteiger partial charge in [0.2, 0.25) is 5.95 Å². The average molecular weight is 379 g/mol. The Balaban J connectivity index is 1.53. The molecular weight excluding hydrogens is 354 g/mol. The molecule has 1 aromatic carbocycles. The van der Waals surface area contributed by atoms with Crippen LogP contribution in [0.1, 0.15) is 38.7 Å². The van der Waals surface area contributed by atoms with Crippen LogP contribution in [0.3, 0.4) is 0 Å². The molecule has 7 heteroatoms. The van der Waals surface area contributed by atoms with Crippen molar-refractivity contribution in [3.63, 3.8) is 0 Å². The molecule has 1 saturated carbocycles. The van der Waals surface area contributed by atoms with Crippen LogP contribution in [0.2, 0.25) is 0 Å². The Morgan fingerprint density at radius 1 is 1.29 bits per heavy atom. The number of carbonyl (C=O) groups is 1. The molecule has 0 unspecified atom stereocenters. The van der Waals surface area contributed by atoms with Crippen molar-refractivity contribution in [3.05, 3.63) is 42.1 Å². The fraction of sp³-hybridized carbons (Fsp3) is 0.381. The third-order valence-electron chi connectivity index (χ3n) is 4.76. The van der Waals surface area contributed by atoms with Gasteiger partial charge in [-0.15, -0.1) is 0 Å². The van der Waals surface area contributed by atoms with E-state index >= 15 is 0 Å². The van der Waals surface area contributed by atoms with Gasteiger partial charge in [0.15, 0.2) is 0 Å². The summed E-state index contributed by atoms with van der Waals surface area (Å²) in [6, 6.07) is 10.1. The molecule has 1 aliphatic rings. The molecule has 0 aliphatic heterocycles. The van der Waals surface area contributed by atoms with Crippen molar-refractivity contribution in [1.29, 1.82) is 0 Å². The number of rotatable bonds is 7. The van der Waals surface area contributed by atoms with Crippen LogP contribution in [0.15, 0.2) is 36.5 Å². The van der Waals surface area contributed by atoms with Crippen LogP contribution in [0.4, 0.5) is 17.5 Å². The zero-order valence-corrected chi connectivity index (χ0v) is 16.2. The number of anilines is 3. The van der Waals surface area contributed by atoms with Crippen molar-refractivity contribution in [2.24, 2.45) is 0 Å². The second kappa shape index (κ2) is 7.88. The van der Waals surface area contributed by atoms with Crippen molar-refractivity contribution < 1.29 is 9.53 Å². The number of benzene rings is 1. The molecule has 28 heavy (non-hydrogen) atoms. The van der Waals surface area contributed by atoms with Crippen molar-refractivity contribution in [3.8, 4) is 0 Å². The van der Waals surface area contributed by atoms with Crippen molar-refractivity contribution >= 4 is 34.5 Å². The van der Waals surface area contributed by atoms with Crippen LogP contribution >= 0.6 is 0 Å². The van der Waals surface area contributed by atoms with Crippen LogP contribution < -0.4 is 10.6 Å². The summed E-state index contributed by atoms with van der Waals surface area (Å²) in [4.78, 5) is 24.3. The van der Waals surface area contributed by atoms with E-state index in [-0.39, 0.29) is 18.5 Å². The third kappa shape index (κ3) is 4.24. The molecule has 0 atom stereocenters. The van der Waals surface area contributed by atoms with Gasteiger partial charge in [0, 0.05) is 17.9 Å². The summed E-state index contributed by atoms with van der Waals surface area (Å²) in [6.45, 7) is 3.69. The van der Waals surface area contributed by atoms with Crippen LogP contribution in [0.5, 0.6) is 0 Å². The minimum Gasteiger partial charge on any atom is -0.463 e. The Morgan fingerprint density at radius 3 is 2.89 bits per heavy atom. The van der Waals surface area contributed by atoms with Gasteiger partial charge in [-0.1, -0.05) is 12.1 Å². The summed E-state index contributed by atoms with van der Waals surface area (Å²) in [5, 5.41) is 7.76. The first-order valence-electron chi connectivity index (χ1n) is 9.74. The molecule has 3 N–H and O–H groups in total. The molecule has 0 bridgehead atoms. The van der Waals surface area contributed by atoms with Crippen molar-refractivity contribution in [2.75, 3.05) is 10.6 Å². The number of fused-ring (bicyclic) bond motifs is 1. The first-order chi connectivity index (χ1) is 13.6. The standard InChI is InChI=1S/C21H25N5O2/c1-13(2)28-18(27)12-14-5-3-8-16(11-14)24-21-25-19-17(9-10-22-19)20(26-21)23-15-6-4-7-15/h3,5,8-11,13,15H,4,6-7,12H2,1-2H3,(H3,22,23,24,25,26). The number of carbonyl (C=O) groups excluding carboxylic acids is 1. The first kappa shape index (κ1) is 18.3. The van der Waals surface area contributed by atoms with E-state index in [0.717, 1.165) is 28.1 Å². The molecule has 7 nitrogen and oxygen atoms in total. The lowest BCUT2D eigenvalue weighted by molar-refractivity contribution is -0.146. The summed E-state index contributed by atoms with van der Waals surface area (Å²) < 4.78 is 5.22. The molecule has 1 fully saturated rings. The highest BCUT2D eigenvalue weighted by atomic mass is 16.5. The summed E-state index contributed by atoms with van der Waals surface area (Å²) in [6.07, 6.45) is 5.60. The molecule has 0 radical (unpaired) electrons. The minimum atomic E-state index is -0.233. The predicted octanol–water partition coefficient (Wildman–Crippen LogP) is 4.16. The molecular formula is C21H25N5O2. The van der Waals surface area contributed by atoms with Gasteiger partial charge in [0.1, 0.15) is 11.5 Å². The SMILES string of the molecule is CC(C)OC(=O)Cc1cccc(Nc2nc(NC3CCC3)c3cc[nH]c3n2)c1. The maximum atomic E-state index is 11.9. The molecule has 2 heterocycles. The molecule has 4 rings (SSSR count). The lowest BCUT2D eigenvalue weighted by Crippen LogP contribution is -2.27. The Morgan fingerprint density at radius 2 is 2.14 bits per heavy atom. The van der Waals surface area contributed by atoms with Gasteiger partial charge >= 0.3 is 5.97 Å². The number of ether oxygens (including phenoxy) is 1. The topological polar surface area (TPSA) is 91.9 Å². The second-order valence-electron chi connectivity index (χ2n) is 7.45. The highest BCUT2D eigenvalue weighted by Gasteiger charge is 2.19. The fourth-order valence-electron chi connectivity index (χ4n) is 3.21. The fourth-order valence-corrected chi connectivity index (χ4v) is 3.21. The largest absolute Gasteiger partial charge is 0.463 e. The highest BCUT2D eigenvalue weighted by Crippen LogP contribution is 2.28. The van der Waals surface area contributed by atoms with E-state index < -0.39 is 0 Å². The summed E-state index contributed by atoms with van der Waals surface area (Å²) in [5.74, 6) is 1.12. The molecule has 0 spiro atoms. The average Bonchev–Trinajstić information content (AvgIpc) is 3.06. The number of hydrogen-bond donors (Lipinski definition) is 3. The zero-order valence-electron chi connectivity index (χ0n) is 16.2. The predicted molar refractivity (Wildman–Crippen MR) is 110 cm³/mol. The quantitative estimate of drug-likeness (QED) is 0.534. The number of aromatic amines is 1. The van der Waals surface area contributed by atoms with Crippen LogP contribution in [-0.2, 0) is 16.0 Å². The lowest BCUT2D eigenvalue weighted by Gasteiger charge is -2.27. The van der Waals surface area contributed by atoms with Gasteiger partial charge in [-0.25, -0.2) is 0 Å². The van der Waals surface area contributed by atoms with Gasteiger partial charge in [-0.2, -0.15) is 9.97 Å². The summed E-state index contributed by atoms with van der Waals surface area (Å²) >= 11 is 0. The maximum absolute atomic E-state index is 11.9. The third-order valence-corrected chi connectivity index (χ3v) is 4.76. The van der Waals surface area contributed by atoms with Gasteiger partial charge in [-0.3, -0.25) is 4.79 Å². The normalized spacial score (nSPS) is 14.1. The second-order valence-corrected chi connectivity index (χ2v) is 7.45. The van der Waals surface area contributed by atoms with Crippen LogP contribution in [0.25, 0.3) is 11.0 Å². The van der Waals surface area contributed by atoms with E-state index in [0.29, 0.717) is 12.0 Å². The molecule has 146 valence electrons. The number of esters is 1. The Bertz CT molecular complexity index is 978.